The van der Waals surface area contributed by atoms with E-state index in [1.165, 1.54) is 50.6 Å². The molecule has 6 fully saturated rings. The first-order chi connectivity index (χ1) is 18.7. The van der Waals surface area contributed by atoms with Crippen molar-refractivity contribution in [3.05, 3.63) is 30.3 Å². The maximum Gasteiger partial charge on any atom is 0.171 e. The van der Waals surface area contributed by atoms with Crippen LogP contribution in [0.2, 0.25) is 0 Å². The molecule has 0 amide bonds. The van der Waals surface area contributed by atoms with Crippen LogP contribution < -0.4 is 5.32 Å². The smallest absolute Gasteiger partial charge is 0.171 e. The third-order valence-corrected chi connectivity index (χ3v) is 13.1. The Hall–Kier alpha value is -1.10. The minimum atomic E-state index is -0.282. The third-order valence-electron chi connectivity index (χ3n) is 13.1. The standard InChI is InChI=1S/C27H44O3.C8H11N/c1-16-7-12-27(29-15-16)17(2)24-23(30-27)14-22-20-6-5-18-13-19(28)8-10-25(18,3)21(20)9-11-26(22,24)4;1-2-9-8-6-4-3-5-7-8/h16-24,28H,5-15H2,1-4H3;3-7,9H,2H2,1H3/t16-,17-,18+,19-,20+,21-,22-,23-,24-,25-,26-,27+;/m0./s1. The number of aliphatic hydroxyl groups excluding tert-OH is 1. The second-order valence-corrected chi connectivity index (χ2v) is 15.0. The summed E-state index contributed by atoms with van der Waals surface area (Å²) >= 11 is 0. The van der Waals surface area contributed by atoms with Crippen LogP contribution in [0, 0.1) is 52.3 Å². The molecule has 7 rings (SSSR count). The van der Waals surface area contributed by atoms with Gasteiger partial charge in [-0.25, -0.2) is 0 Å². The van der Waals surface area contributed by atoms with Crippen molar-refractivity contribution < 1.29 is 14.6 Å². The number of aliphatic hydroxyl groups is 1. The molecule has 6 aliphatic rings. The van der Waals surface area contributed by atoms with Crippen LogP contribution in [0.1, 0.15) is 98.8 Å². The number of fused-ring (bicyclic) bond motifs is 7. The Morgan fingerprint density at radius 3 is 2.38 bits per heavy atom. The summed E-state index contributed by atoms with van der Waals surface area (Å²) in [6.07, 6.45) is 12.9. The van der Waals surface area contributed by atoms with Crippen LogP contribution in [0.3, 0.4) is 0 Å². The summed E-state index contributed by atoms with van der Waals surface area (Å²) in [4.78, 5) is 0. The SMILES string of the molecule is CCNc1ccccc1.C[C@H]1CC[C@@]2(OC1)O[C@H]1C[C@H]3[C@@H]4CC[C@@H]5C[C@@H](O)CC[C@]5(C)[C@H]4CC[C@]3(C)[C@H]1[C@@H]2C. The predicted molar refractivity (Wildman–Crippen MR) is 158 cm³/mol. The van der Waals surface area contributed by atoms with Crippen LogP contribution in [-0.2, 0) is 9.47 Å². The molecule has 218 valence electrons. The van der Waals surface area contributed by atoms with Gasteiger partial charge in [-0.2, -0.15) is 0 Å². The zero-order valence-corrected chi connectivity index (χ0v) is 25.3. The molecule has 0 unspecified atom stereocenters. The number of para-hydroxylation sites is 1. The van der Waals surface area contributed by atoms with Gasteiger partial charge in [0.2, 0.25) is 0 Å². The Kier molecular flexibility index (Phi) is 7.64. The van der Waals surface area contributed by atoms with E-state index in [4.69, 9.17) is 9.47 Å². The van der Waals surface area contributed by atoms with Crippen molar-refractivity contribution in [1.29, 1.82) is 0 Å². The Labute approximate surface area is 238 Å². The van der Waals surface area contributed by atoms with Crippen LogP contribution in [0.5, 0.6) is 0 Å². The van der Waals surface area contributed by atoms with Crippen molar-refractivity contribution in [2.45, 2.75) is 117 Å². The van der Waals surface area contributed by atoms with Crippen LogP contribution in [-0.4, -0.2) is 36.3 Å². The predicted octanol–water partition coefficient (Wildman–Crippen LogP) is 7.91. The molecule has 39 heavy (non-hydrogen) atoms. The van der Waals surface area contributed by atoms with Crippen molar-refractivity contribution in [3.8, 4) is 0 Å². The molecule has 2 saturated heterocycles. The number of anilines is 1. The highest BCUT2D eigenvalue weighted by Crippen LogP contribution is 2.71. The minimum absolute atomic E-state index is 0.0389. The van der Waals surface area contributed by atoms with Gasteiger partial charge in [-0.1, -0.05) is 45.9 Å². The highest BCUT2D eigenvalue weighted by atomic mass is 16.7. The molecule has 0 bridgehead atoms. The lowest BCUT2D eigenvalue weighted by Crippen LogP contribution is -2.55. The van der Waals surface area contributed by atoms with E-state index in [0.29, 0.717) is 34.7 Å². The van der Waals surface area contributed by atoms with E-state index in [-0.39, 0.29) is 11.9 Å². The molecule has 1 aromatic carbocycles. The van der Waals surface area contributed by atoms with Gasteiger partial charge >= 0.3 is 0 Å². The molecular weight excluding hydrogens is 482 g/mol. The average Bonchev–Trinajstić information content (AvgIpc) is 3.37. The molecule has 12 atom stereocenters. The summed E-state index contributed by atoms with van der Waals surface area (Å²) in [7, 11) is 0. The summed E-state index contributed by atoms with van der Waals surface area (Å²) in [6.45, 7) is 14.0. The molecule has 4 aliphatic carbocycles. The first-order valence-electron chi connectivity index (χ1n) is 16.5. The van der Waals surface area contributed by atoms with Crippen molar-refractivity contribution in [2.24, 2.45) is 52.3 Å². The van der Waals surface area contributed by atoms with E-state index >= 15 is 0 Å². The monoisotopic (exact) mass is 537 g/mol. The van der Waals surface area contributed by atoms with Crippen molar-refractivity contribution in [1.82, 2.24) is 0 Å². The first-order valence-corrected chi connectivity index (χ1v) is 16.5. The van der Waals surface area contributed by atoms with E-state index in [1.807, 2.05) is 18.2 Å². The second-order valence-electron chi connectivity index (χ2n) is 15.0. The highest BCUT2D eigenvalue weighted by molar-refractivity contribution is 5.42. The largest absolute Gasteiger partial charge is 0.393 e. The fourth-order valence-electron chi connectivity index (χ4n) is 11.0. The molecule has 4 heteroatoms. The molecule has 4 nitrogen and oxygen atoms in total. The lowest BCUT2D eigenvalue weighted by atomic mass is 9.44. The van der Waals surface area contributed by atoms with Crippen molar-refractivity contribution in [3.63, 3.8) is 0 Å². The molecular formula is C35H55NO3. The van der Waals surface area contributed by atoms with Crippen LogP contribution >= 0.6 is 0 Å². The Morgan fingerprint density at radius 2 is 1.67 bits per heavy atom. The molecule has 0 aromatic heterocycles. The molecule has 0 radical (unpaired) electrons. The van der Waals surface area contributed by atoms with Crippen LogP contribution in [0.25, 0.3) is 0 Å². The Balaban J connectivity index is 0.000000263. The number of rotatable bonds is 2. The zero-order chi connectivity index (χ0) is 27.4. The number of hydrogen-bond donors (Lipinski definition) is 2. The molecule has 4 saturated carbocycles. The number of benzene rings is 1. The van der Waals surface area contributed by atoms with Gasteiger partial charge in [0.25, 0.3) is 0 Å². The van der Waals surface area contributed by atoms with Gasteiger partial charge in [-0.05, 0) is 123 Å². The van der Waals surface area contributed by atoms with Gasteiger partial charge < -0.3 is 19.9 Å². The molecule has 1 aromatic rings. The van der Waals surface area contributed by atoms with E-state index in [1.54, 1.807) is 0 Å². The van der Waals surface area contributed by atoms with Gasteiger partial charge in [0.05, 0.1) is 18.8 Å². The van der Waals surface area contributed by atoms with Crippen molar-refractivity contribution in [2.75, 3.05) is 18.5 Å². The maximum atomic E-state index is 10.3. The van der Waals surface area contributed by atoms with Gasteiger partial charge in [0.1, 0.15) is 0 Å². The van der Waals surface area contributed by atoms with E-state index < -0.39 is 0 Å². The first kappa shape index (κ1) is 28.0. The van der Waals surface area contributed by atoms with E-state index in [0.717, 1.165) is 56.1 Å². The van der Waals surface area contributed by atoms with Gasteiger partial charge in [0.15, 0.2) is 5.79 Å². The molecule has 1 spiro atoms. The summed E-state index contributed by atoms with van der Waals surface area (Å²) in [5.74, 6) is 4.93. The normalized spacial score (nSPS) is 50.2. The van der Waals surface area contributed by atoms with Gasteiger partial charge in [-0.15, -0.1) is 0 Å². The lowest BCUT2D eigenvalue weighted by molar-refractivity contribution is -0.273. The molecule has 2 aliphatic heterocycles. The van der Waals surface area contributed by atoms with Crippen LogP contribution in [0.4, 0.5) is 5.69 Å². The third kappa shape index (κ3) is 4.69. The summed E-state index contributed by atoms with van der Waals surface area (Å²) in [5, 5.41) is 13.5. The second kappa shape index (κ2) is 10.6. The maximum absolute atomic E-state index is 10.3. The number of hydrogen-bond acceptors (Lipinski definition) is 4. The number of ether oxygens (including phenoxy) is 2. The summed E-state index contributed by atoms with van der Waals surface area (Å²) in [6, 6.07) is 10.2. The fraction of sp³-hybridized carbons (Fsp3) is 0.829. The van der Waals surface area contributed by atoms with Crippen LogP contribution in [0.15, 0.2) is 30.3 Å². The lowest BCUT2D eigenvalue weighted by Gasteiger charge is -2.61. The Bertz CT molecular complexity index is 975. The van der Waals surface area contributed by atoms with E-state index in [9.17, 15) is 5.11 Å². The van der Waals surface area contributed by atoms with Crippen molar-refractivity contribution >= 4 is 5.69 Å². The molecule has 2 heterocycles. The van der Waals surface area contributed by atoms with Gasteiger partial charge in [0, 0.05) is 24.6 Å². The van der Waals surface area contributed by atoms with Gasteiger partial charge in [-0.3, -0.25) is 0 Å². The minimum Gasteiger partial charge on any atom is -0.393 e. The quantitative estimate of drug-likeness (QED) is 0.402. The fourth-order valence-corrected chi connectivity index (χ4v) is 11.0. The Morgan fingerprint density at radius 1 is 0.897 bits per heavy atom. The summed E-state index contributed by atoms with van der Waals surface area (Å²) < 4.78 is 13.4. The topological polar surface area (TPSA) is 50.7 Å². The summed E-state index contributed by atoms with van der Waals surface area (Å²) in [5.41, 5.74) is 2.09. The highest BCUT2D eigenvalue weighted by Gasteiger charge is 2.69. The van der Waals surface area contributed by atoms with E-state index in [2.05, 4.69) is 52.1 Å². The molecule has 2 N–H and O–H groups in total. The number of nitrogens with one attached hydrogen (secondary N) is 1. The zero-order valence-electron chi connectivity index (χ0n) is 25.3. The average molecular weight is 538 g/mol.